The summed E-state index contributed by atoms with van der Waals surface area (Å²) in [6.45, 7) is 0.630. The summed E-state index contributed by atoms with van der Waals surface area (Å²) in [4.78, 5) is 26.6. The molecule has 4 rings (SSSR count). The van der Waals surface area contributed by atoms with E-state index in [1.807, 2.05) is 6.07 Å². The number of nitriles is 1. The van der Waals surface area contributed by atoms with Gasteiger partial charge in [0.05, 0.1) is 7.11 Å². The average molecular weight is 491 g/mol. The molecule has 0 bridgehead atoms. The van der Waals surface area contributed by atoms with Crippen molar-refractivity contribution in [3.8, 4) is 28.8 Å². The zero-order chi connectivity index (χ0) is 25.7. The van der Waals surface area contributed by atoms with Crippen LogP contribution in [-0.2, 0) is 11.4 Å². The molecule has 2 amide bonds. The van der Waals surface area contributed by atoms with Crippen LogP contribution in [0.3, 0.4) is 0 Å². The number of carbonyl (C=O) groups excluding carboxylic acids is 2. The van der Waals surface area contributed by atoms with Gasteiger partial charge in [0.15, 0.2) is 17.8 Å². The SMILES string of the molecule is COc1cc(F)c(F)cc1-c1ccc(OCc2cccc(C(=O)N3CCC[C@H]3C(=O)NC#N)c2)cc1. The van der Waals surface area contributed by atoms with Gasteiger partial charge in [0.2, 0.25) is 0 Å². The van der Waals surface area contributed by atoms with Crippen LogP contribution in [0.5, 0.6) is 11.5 Å². The van der Waals surface area contributed by atoms with Gasteiger partial charge in [-0.2, -0.15) is 5.26 Å². The minimum atomic E-state index is -0.984. The second kappa shape index (κ2) is 10.9. The van der Waals surface area contributed by atoms with Crippen molar-refractivity contribution in [2.75, 3.05) is 13.7 Å². The van der Waals surface area contributed by atoms with Crippen molar-refractivity contribution in [3.05, 3.63) is 83.4 Å². The molecule has 1 aliphatic rings. The third-order valence-electron chi connectivity index (χ3n) is 5.98. The van der Waals surface area contributed by atoms with Crippen LogP contribution in [0.15, 0.2) is 60.7 Å². The normalized spacial score (nSPS) is 14.7. The molecule has 0 aromatic heterocycles. The summed E-state index contributed by atoms with van der Waals surface area (Å²) in [5.41, 5.74) is 2.22. The highest BCUT2D eigenvalue weighted by atomic mass is 19.2. The molecule has 1 atom stereocenters. The monoisotopic (exact) mass is 491 g/mol. The maximum atomic E-state index is 13.7. The molecular formula is C27H23F2N3O4. The highest BCUT2D eigenvalue weighted by Gasteiger charge is 2.34. The molecule has 36 heavy (non-hydrogen) atoms. The molecule has 1 saturated heterocycles. The summed E-state index contributed by atoms with van der Waals surface area (Å²) in [5.74, 6) is -1.95. The van der Waals surface area contributed by atoms with Crippen LogP contribution >= 0.6 is 0 Å². The predicted molar refractivity (Wildman–Crippen MR) is 127 cm³/mol. The van der Waals surface area contributed by atoms with Crippen LogP contribution in [0.1, 0.15) is 28.8 Å². The van der Waals surface area contributed by atoms with Gasteiger partial charge >= 0.3 is 0 Å². The highest BCUT2D eigenvalue weighted by molar-refractivity contribution is 5.98. The molecule has 1 aliphatic heterocycles. The number of halogens is 2. The molecular weight excluding hydrogens is 468 g/mol. The molecule has 0 spiro atoms. The third kappa shape index (κ3) is 5.28. The molecule has 1 fully saturated rings. The Balaban J connectivity index is 1.43. The largest absolute Gasteiger partial charge is 0.496 e. The summed E-state index contributed by atoms with van der Waals surface area (Å²) < 4.78 is 38.3. The summed E-state index contributed by atoms with van der Waals surface area (Å²) in [6, 6.07) is 15.2. The van der Waals surface area contributed by atoms with Crippen LogP contribution in [-0.4, -0.2) is 36.4 Å². The van der Waals surface area contributed by atoms with Crippen molar-refractivity contribution in [1.82, 2.24) is 10.2 Å². The molecule has 3 aromatic rings. The number of nitrogens with zero attached hydrogens (tertiary/aromatic N) is 2. The average Bonchev–Trinajstić information content (AvgIpc) is 3.39. The topological polar surface area (TPSA) is 91.7 Å². The first-order valence-corrected chi connectivity index (χ1v) is 11.3. The summed E-state index contributed by atoms with van der Waals surface area (Å²) in [7, 11) is 1.39. The van der Waals surface area contributed by atoms with Gasteiger partial charge in [-0.15, -0.1) is 0 Å². The molecule has 0 saturated carbocycles. The molecule has 0 aliphatic carbocycles. The number of ether oxygens (including phenoxy) is 2. The second-order valence-electron chi connectivity index (χ2n) is 8.24. The maximum Gasteiger partial charge on any atom is 0.255 e. The van der Waals surface area contributed by atoms with Crippen molar-refractivity contribution >= 4 is 11.8 Å². The Bertz CT molecular complexity index is 1320. The zero-order valence-electron chi connectivity index (χ0n) is 19.5. The van der Waals surface area contributed by atoms with Crippen LogP contribution < -0.4 is 14.8 Å². The van der Waals surface area contributed by atoms with E-state index in [1.54, 1.807) is 48.7 Å². The first-order valence-electron chi connectivity index (χ1n) is 11.3. The second-order valence-corrected chi connectivity index (χ2v) is 8.24. The fourth-order valence-corrected chi connectivity index (χ4v) is 4.20. The Labute approximate surface area is 206 Å². The van der Waals surface area contributed by atoms with E-state index < -0.39 is 23.6 Å². The standard InChI is InChI=1S/C27H23F2N3O4/c1-35-25-14-23(29)22(28)13-21(25)18-7-9-20(10-8-18)36-15-17-4-2-5-19(12-17)27(34)32-11-3-6-24(32)26(33)31-16-30/h2,4-5,7-10,12-14,24H,3,6,11,15H2,1H3,(H,31,33)/t24-/m0/s1. The van der Waals surface area contributed by atoms with E-state index >= 15 is 0 Å². The van der Waals surface area contributed by atoms with E-state index in [0.717, 1.165) is 17.7 Å². The first kappa shape index (κ1) is 24.7. The lowest BCUT2D eigenvalue weighted by atomic mass is 10.0. The fraction of sp³-hybridized carbons (Fsp3) is 0.222. The van der Waals surface area contributed by atoms with Crippen molar-refractivity contribution in [2.24, 2.45) is 0 Å². The van der Waals surface area contributed by atoms with Gasteiger partial charge in [0.1, 0.15) is 24.1 Å². The van der Waals surface area contributed by atoms with E-state index in [2.05, 4.69) is 5.32 Å². The number of methoxy groups -OCH3 is 1. The van der Waals surface area contributed by atoms with Crippen LogP contribution in [0.2, 0.25) is 0 Å². The number of hydrogen-bond acceptors (Lipinski definition) is 5. The highest BCUT2D eigenvalue weighted by Crippen LogP contribution is 2.33. The lowest BCUT2D eigenvalue weighted by Crippen LogP contribution is -2.44. The Hall–Kier alpha value is -4.45. The van der Waals surface area contributed by atoms with Gasteiger partial charge in [-0.3, -0.25) is 14.9 Å². The van der Waals surface area contributed by atoms with Gasteiger partial charge in [-0.1, -0.05) is 24.3 Å². The number of nitrogens with one attached hydrogen (secondary N) is 1. The number of rotatable bonds is 7. The minimum absolute atomic E-state index is 0.188. The zero-order valence-corrected chi connectivity index (χ0v) is 19.5. The van der Waals surface area contributed by atoms with Crippen molar-refractivity contribution in [3.63, 3.8) is 0 Å². The van der Waals surface area contributed by atoms with E-state index in [4.69, 9.17) is 14.7 Å². The molecule has 1 heterocycles. The smallest absolute Gasteiger partial charge is 0.255 e. The Morgan fingerprint density at radius 1 is 1.11 bits per heavy atom. The van der Waals surface area contributed by atoms with Crippen molar-refractivity contribution < 1.29 is 27.8 Å². The third-order valence-corrected chi connectivity index (χ3v) is 5.98. The molecule has 9 heteroatoms. The number of benzene rings is 3. The van der Waals surface area contributed by atoms with E-state index in [1.165, 1.54) is 12.0 Å². The summed E-state index contributed by atoms with van der Waals surface area (Å²) in [6.07, 6.45) is 2.81. The quantitative estimate of drug-likeness (QED) is 0.390. The molecule has 3 aromatic carbocycles. The first-order chi connectivity index (χ1) is 17.4. The Kier molecular flexibility index (Phi) is 7.44. The van der Waals surface area contributed by atoms with Gasteiger partial charge in [-0.05, 0) is 54.3 Å². The van der Waals surface area contributed by atoms with Crippen LogP contribution in [0, 0.1) is 23.1 Å². The molecule has 1 N–H and O–H groups in total. The molecule has 0 radical (unpaired) electrons. The van der Waals surface area contributed by atoms with Gasteiger partial charge < -0.3 is 14.4 Å². The van der Waals surface area contributed by atoms with Crippen LogP contribution in [0.25, 0.3) is 11.1 Å². The van der Waals surface area contributed by atoms with E-state index in [9.17, 15) is 18.4 Å². The number of hydrogen-bond donors (Lipinski definition) is 1. The Morgan fingerprint density at radius 2 is 1.86 bits per heavy atom. The number of likely N-dealkylation sites (tertiary alicyclic amines) is 1. The van der Waals surface area contributed by atoms with Crippen molar-refractivity contribution in [2.45, 2.75) is 25.5 Å². The summed E-state index contributed by atoms with van der Waals surface area (Å²) in [5, 5.41) is 10.8. The maximum absolute atomic E-state index is 13.7. The number of amides is 2. The van der Waals surface area contributed by atoms with Crippen molar-refractivity contribution in [1.29, 1.82) is 5.26 Å². The molecule has 7 nitrogen and oxygen atoms in total. The van der Waals surface area contributed by atoms with E-state index in [-0.39, 0.29) is 18.3 Å². The molecule has 0 unspecified atom stereocenters. The Morgan fingerprint density at radius 3 is 2.58 bits per heavy atom. The number of carbonyl (C=O) groups is 2. The molecule has 184 valence electrons. The van der Waals surface area contributed by atoms with Gasteiger partial charge in [0, 0.05) is 23.7 Å². The minimum Gasteiger partial charge on any atom is -0.496 e. The lowest BCUT2D eigenvalue weighted by molar-refractivity contribution is -0.123. The fourth-order valence-electron chi connectivity index (χ4n) is 4.20. The lowest BCUT2D eigenvalue weighted by Gasteiger charge is -2.23. The predicted octanol–water partition coefficient (Wildman–Crippen LogP) is 4.42. The van der Waals surface area contributed by atoms with Gasteiger partial charge in [-0.25, -0.2) is 8.78 Å². The summed E-state index contributed by atoms with van der Waals surface area (Å²) >= 11 is 0. The van der Waals surface area contributed by atoms with E-state index in [0.29, 0.717) is 41.8 Å². The van der Waals surface area contributed by atoms with Crippen LogP contribution in [0.4, 0.5) is 8.78 Å². The van der Waals surface area contributed by atoms with Gasteiger partial charge in [0.25, 0.3) is 11.8 Å².